The average Bonchev–Trinajstić information content (AvgIpc) is 2.60. The fourth-order valence-electron chi connectivity index (χ4n) is 1.88. The number of halogens is 1. The zero-order valence-corrected chi connectivity index (χ0v) is 12.7. The Morgan fingerprint density at radius 1 is 1.13 bits per heavy atom. The van der Waals surface area contributed by atoms with Gasteiger partial charge >= 0.3 is 0 Å². The smallest absolute Gasteiger partial charge is 0.275 e. The monoisotopic (exact) mass is 325 g/mol. The van der Waals surface area contributed by atoms with Crippen LogP contribution in [0.2, 0.25) is 5.02 Å². The summed E-state index contributed by atoms with van der Waals surface area (Å²) in [5, 5.41) is 8.12. The topological polar surface area (TPSA) is 72.2 Å². The summed E-state index contributed by atoms with van der Waals surface area (Å²) in [6.07, 6.45) is 4.64. The van der Waals surface area contributed by atoms with Gasteiger partial charge in [-0.15, -0.1) is 0 Å². The first-order chi connectivity index (χ1) is 11.3. The molecule has 0 aliphatic heterocycles. The summed E-state index contributed by atoms with van der Waals surface area (Å²) in [4.78, 5) is 16.4. The van der Waals surface area contributed by atoms with Crippen LogP contribution in [0.4, 0.5) is 5.69 Å². The van der Waals surface area contributed by atoms with Gasteiger partial charge in [0, 0.05) is 6.20 Å². The largest absolute Gasteiger partial charge is 0.292 e. The molecule has 0 atom stereocenters. The maximum absolute atomic E-state index is 12.3. The number of hydrazone groups is 1. The third-order valence-electron chi connectivity index (χ3n) is 2.99. The molecule has 3 rings (SSSR count). The van der Waals surface area contributed by atoms with E-state index in [0.717, 1.165) is 0 Å². The van der Waals surface area contributed by atoms with E-state index in [0.29, 0.717) is 17.1 Å². The molecule has 0 saturated carbocycles. The maximum Gasteiger partial charge on any atom is 0.292 e. The number of pyridine rings is 1. The van der Waals surface area contributed by atoms with Gasteiger partial charge in [-0.2, -0.15) is 14.9 Å². The van der Waals surface area contributed by atoms with E-state index in [1.165, 1.54) is 17.1 Å². The molecule has 2 heterocycles. The van der Waals surface area contributed by atoms with Gasteiger partial charge in [-0.3, -0.25) is 15.2 Å². The van der Waals surface area contributed by atoms with Crippen LogP contribution in [0.5, 0.6) is 0 Å². The van der Waals surface area contributed by atoms with Crippen LogP contribution in [0.3, 0.4) is 0 Å². The Labute approximate surface area is 137 Å². The zero-order chi connectivity index (χ0) is 16.1. The molecule has 23 heavy (non-hydrogen) atoms. The molecule has 0 radical (unpaired) electrons. The second kappa shape index (κ2) is 6.85. The Bertz CT molecular complexity index is 878. The van der Waals surface area contributed by atoms with E-state index >= 15 is 0 Å². The van der Waals surface area contributed by atoms with Gasteiger partial charge in [0.1, 0.15) is 10.7 Å². The van der Waals surface area contributed by atoms with E-state index in [9.17, 15) is 4.79 Å². The van der Waals surface area contributed by atoms with E-state index in [4.69, 9.17) is 11.6 Å². The van der Waals surface area contributed by atoms with Crippen molar-refractivity contribution in [1.29, 1.82) is 0 Å². The van der Waals surface area contributed by atoms with Gasteiger partial charge in [0.25, 0.3) is 5.56 Å². The number of hydrogen-bond acceptors (Lipinski definition) is 5. The summed E-state index contributed by atoms with van der Waals surface area (Å²) < 4.78 is 1.23. The maximum atomic E-state index is 12.3. The van der Waals surface area contributed by atoms with Crippen LogP contribution in [0.15, 0.2) is 70.8 Å². The summed E-state index contributed by atoms with van der Waals surface area (Å²) in [6, 6.07) is 14.5. The highest BCUT2D eigenvalue weighted by Gasteiger charge is 2.09. The lowest BCUT2D eigenvalue weighted by Crippen LogP contribution is -2.22. The second-order valence-electron chi connectivity index (χ2n) is 4.55. The Balaban J connectivity index is 1.84. The number of benzene rings is 1. The summed E-state index contributed by atoms with van der Waals surface area (Å²) in [5.41, 5.74) is 3.94. The molecule has 0 amide bonds. The van der Waals surface area contributed by atoms with E-state index < -0.39 is 5.56 Å². The molecule has 0 bridgehead atoms. The first-order valence-electron chi connectivity index (χ1n) is 6.79. The highest BCUT2D eigenvalue weighted by atomic mass is 35.5. The van der Waals surface area contributed by atoms with Crippen LogP contribution in [-0.4, -0.2) is 21.0 Å². The molecule has 3 aromatic rings. The van der Waals surface area contributed by atoms with Gasteiger partial charge in [-0.1, -0.05) is 35.9 Å². The van der Waals surface area contributed by atoms with Crippen molar-refractivity contribution in [2.75, 3.05) is 5.43 Å². The van der Waals surface area contributed by atoms with Crippen LogP contribution in [0.1, 0.15) is 5.69 Å². The predicted octanol–water partition coefficient (Wildman–Crippen LogP) is 2.73. The molecular weight excluding hydrogens is 314 g/mol. The Hall–Kier alpha value is -2.99. The molecule has 1 aromatic carbocycles. The summed E-state index contributed by atoms with van der Waals surface area (Å²) in [5.74, 6) is 0. The van der Waals surface area contributed by atoms with Crippen molar-refractivity contribution < 1.29 is 0 Å². The minimum atomic E-state index is -0.420. The Kier molecular flexibility index (Phi) is 4.44. The van der Waals surface area contributed by atoms with Crippen molar-refractivity contribution >= 4 is 23.5 Å². The van der Waals surface area contributed by atoms with Crippen molar-refractivity contribution in [1.82, 2.24) is 14.8 Å². The molecule has 2 aromatic heterocycles. The summed E-state index contributed by atoms with van der Waals surface area (Å²) in [6.45, 7) is 0. The number of hydrogen-bond donors (Lipinski definition) is 1. The van der Waals surface area contributed by atoms with Gasteiger partial charge in [-0.05, 0) is 24.3 Å². The number of anilines is 1. The van der Waals surface area contributed by atoms with Gasteiger partial charge in [0.05, 0.1) is 23.8 Å². The van der Waals surface area contributed by atoms with Crippen molar-refractivity contribution in [2.24, 2.45) is 5.10 Å². The Morgan fingerprint density at radius 3 is 2.65 bits per heavy atom. The molecule has 0 aliphatic rings. The first kappa shape index (κ1) is 14.9. The summed E-state index contributed by atoms with van der Waals surface area (Å²) in [7, 11) is 0. The van der Waals surface area contributed by atoms with Crippen molar-refractivity contribution in [3.8, 4) is 5.69 Å². The van der Waals surface area contributed by atoms with Gasteiger partial charge in [-0.25, -0.2) is 0 Å². The van der Waals surface area contributed by atoms with E-state index in [1.54, 1.807) is 24.4 Å². The van der Waals surface area contributed by atoms with Crippen LogP contribution in [0.25, 0.3) is 5.69 Å². The van der Waals surface area contributed by atoms with Crippen molar-refractivity contribution in [3.05, 3.63) is 82.0 Å². The first-order valence-corrected chi connectivity index (χ1v) is 7.17. The predicted molar refractivity (Wildman–Crippen MR) is 90.3 cm³/mol. The molecular formula is C16H12ClN5O. The van der Waals surface area contributed by atoms with Crippen LogP contribution >= 0.6 is 11.6 Å². The third-order valence-corrected chi connectivity index (χ3v) is 3.35. The third kappa shape index (κ3) is 3.44. The van der Waals surface area contributed by atoms with E-state index in [1.807, 2.05) is 30.3 Å². The average molecular weight is 326 g/mol. The van der Waals surface area contributed by atoms with Gasteiger partial charge in [0.15, 0.2) is 0 Å². The SMILES string of the molecule is O=c1c(Cl)c(N/N=C\c2ccccn2)cnn1-c1ccccc1. The molecule has 0 aliphatic carbocycles. The van der Waals surface area contributed by atoms with Crippen LogP contribution < -0.4 is 11.0 Å². The van der Waals surface area contributed by atoms with Crippen molar-refractivity contribution in [3.63, 3.8) is 0 Å². The zero-order valence-electron chi connectivity index (χ0n) is 11.9. The molecule has 0 spiro atoms. The molecule has 1 N–H and O–H groups in total. The van der Waals surface area contributed by atoms with E-state index in [2.05, 4.69) is 20.6 Å². The number of nitrogens with one attached hydrogen (secondary N) is 1. The molecule has 7 heteroatoms. The molecule has 114 valence electrons. The highest BCUT2D eigenvalue weighted by molar-refractivity contribution is 6.32. The minimum absolute atomic E-state index is 0.0158. The normalized spacial score (nSPS) is 10.8. The molecule has 0 unspecified atom stereocenters. The standard InChI is InChI=1S/C16H12ClN5O/c17-15-14(21-19-10-12-6-4-5-9-18-12)11-20-22(16(15)23)13-7-2-1-3-8-13/h1-11,21H/b19-10-. The fraction of sp³-hybridized carbons (Fsp3) is 0. The fourth-order valence-corrected chi connectivity index (χ4v) is 2.06. The number of aromatic nitrogens is 3. The van der Waals surface area contributed by atoms with Gasteiger partial charge in [0.2, 0.25) is 0 Å². The van der Waals surface area contributed by atoms with Crippen LogP contribution in [0, 0.1) is 0 Å². The van der Waals surface area contributed by atoms with Crippen molar-refractivity contribution in [2.45, 2.75) is 0 Å². The molecule has 0 fully saturated rings. The Morgan fingerprint density at radius 2 is 1.91 bits per heavy atom. The van der Waals surface area contributed by atoms with Gasteiger partial charge < -0.3 is 0 Å². The quantitative estimate of drug-likeness (QED) is 0.591. The number of rotatable bonds is 4. The number of para-hydroxylation sites is 1. The lowest BCUT2D eigenvalue weighted by Gasteiger charge is -2.07. The molecule has 0 saturated heterocycles. The lowest BCUT2D eigenvalue weighted by molar-refractivity contribution is 0.808. The summed E-state index contributed by atoms with van der Waals surface area (Å²) >= 11 is 6.10. The lowest BCUT2D eigenvalue weighted by atomic mass is 10.3. The highest BCUT2D eigenvalue weighted by Crippen LogP contribution is 2.16. The van der Waals surface area contributed by atoms with Crippen LogP contribution in [-0.2, 0) is 0 Å². The number of nitrogens with zero attached hydrogens (tertiary/aromatic N) is 4. The minimum Gasteiger partial charge on any atom is -0.275 e. The second-order valence-corrected chi connectivity index (χ2v) is 4.93. The molecule has 6 nitrogen and oxygen atoms in total. The van der Waals surface area contributed by atoms with E-state index in [-0.39, 0.29) is 5.02 Å².